The lowest BCUT2D eigenvalue weighted by Gasteiger charge is -2.22. The van der Waals surface area contributed by atoms with Crippen molar-refractivity contribution in [1.82, 2.24) is 10.2 Å². The van der Waals surface area contributed by atoms with Gasteiger partial charge in [-0.2, -0.15) is 0 Å². The number of carbonyl (C=O) groups is 1. The Morgan fingerprint density at radius 2 is 2.11 bits per heavy atom. The number of hydrogen-bond donors (Lipinski definition) is 1. The average Bonchev–Trinajstić information content (AvgIpc) is 2.85. The van der Waals surface area contributed by atoms with Crippen LogP contribution in [0.4, 0.5) is 0 Å². The third-order valence-corrected chi connectivity index (χ3v) is 4.01. The normalized spacial score (nSPS) is 26.8. The lowest BCUT2D eigenvalue weighted by atomic mass is 9.98. The van der Waals surface area contributed by atoms with E-state index in [1.807, 2.05) is 4.90 Å². The highest BCUT2D eigenvalue weighted by molar-refractivity contribution is 5.89. The number of rotatable bonds is 5. The van der Waals surface area contributed by atoms with E-state index in [0.717, 1.165) is 19.4 Å². The van der Waals surface area contributed by atoms with Gasteiger partial charge in [-0.3, -0.25) is 10.1 Å². The van der Waals surface area contributed by atoms with Crippen molar-refractivity contribution in [3.8, 4) is 0 Å². The number of amides is 1. The highest BCUT2D eigenvalue weighted by Crippen LogP contribution is 2.36. The quantitative estimate of drug-likeness (QED) is 0.760. The number of carbonyl (C=O) groups excluding carboxylic acids is 1. The molecule has 4 heteroatoms. The molecule has 1 heterocycles. The van der Waals surface area contributed by atoms with Crippen LogP contribution in [-0.4, -0.2) is 42.3 Å². The van der Waals surface area contributed by atoms with Crippen LogP contribution in [0.3, 0.4) is 0 Å². The van der Waals surface area contributed by atoms with Gasteiger partial charge < -0.3 is 9.64 Å². The lowest BCUT2D eigenvalue weighted by molar-refractivity contribution is -0.133. The zero-order chi connectivity index (χ0) is 13.2. The molecule has 0 bridgehead atoms. The van der Waals surface area contributed by atoms with Crippen LogP contribution in [0, 0.1) is 5.92 Å². The summed E-state index contributed by atoms with van der Waals surface area (Å²) in [6.45, 7) is 8.48. The molecule has 4 nitrogen and oxygen atoms in total. The first kappa shape index (κ1) is 13.8. The van der Waals surface area contributed by atoms with E-state index >= 15 is 0 Å². The van der Waals surface area contributed by atoms with Crippen molar-refractivity contribution in [2.45, 2.75) is 58.2 Å². The Balaban J connectivity index is 1.83. The van der Waals surface area contributed by atoms with Gasteiger partial charge in [0.25, 0.3) is 0 Å². The standard InChI is InChI=1S/C14H26N2O2/c1-11(2)10-18-9-8-16-12(3)15-14(13(16)17)6-4-5-7-14/h11-12,15H,4-10H2,1-3H3. The maximum absolute atomic E-state index is 12.5. The average molecular weight is 254 g/mol. The van der Waals surface area contributed by atoms with Crippen LogP contribution in [0.25, 0.3) is 0 Å². The Bertz CT molecular complexity index is 298. The van der Waals surface area contributed by atoms with E-state index in [1.165, 1.54) is 12.8 Å². The van der Waals surface area contributed by atoms with Gasteiger partial charge in [0, 0.05) is 13.2 Å². The number of nitrogens with one attached hydrogen (secondary N) is 1. The first-order valence-electron chi connectivity index (χ1n) is 7.22. The molecule has 1 unspecified atom stereocenters. The third kappa shape index (κ3) is 2.69. The number of nitrogens with zero attached hydrogens (tertiary/aromatic N) is 1. The molecule has 0 aromatic carbocycles. The number of hydrogen-bond acceptors (Lipinski definition) is 3. The summed E-state index contributed by atoms with van der Waals surface area (Å²) in [5, 5.41) is 3.50. The zero-order valence-electron chi connectivity index (χ0n) is 11.9. The number of ether oxygens (including phenoxy) is 1. The van der Waals surface area contributed by atoms with E-state index in [1.54, 1.807) is 0 Å². The molecule has 0 aromatic heterocycles. The Morgan fingerprint density at radius 3 is 2.72 bits per heavy atom. The van der Waals surface area contributed by atoms with Crippen LogP contribution in [0.2, 0.25) is 0 Å². The highest BCUT2D eigenvalue weighted by Gasteiger charge is 2.50. The molecule has 0 radical (unpaired) electrons. The van der Waals surface area contributed by atoms with Gasteiger partial charge >= 0.3 is 0 Å². The topological polar surface area (TPSA) is 41.6 Å². The van der Waals surface area contributed by atoms with Gasteiger partial charge in [0.05, 0.1) is 18.3 Å². The molecule has 104 valence electrons. The Kier molecular flexibility index (Phi) is 4.28. The van der Waals surface area contributed by atoms with E-state index in [9.17, 15) is 4.79 Å². The lowest BCUT2D eigenvalue weighted by Crippen LogP contribution is -2.44. The summed E-state index contributed by atoms with van der Waals surface area (Å²) in [4.78, 5) is 14.4. The summed E-state index contributed by atoms with van der Waals surface area (Å²) in [5.41, 5.74) is -0.239. The summed E-state index contributed by atoms with van der Waals surface area (Å²) in [7, 11) is 0. The van der Waals surface area contributed by atoms with Crippen LogP contribution in [0.15, 0.2) is 0 Å². The van der Waals surface area contributed by atoms with E-state index in [-0.39, 0.29) is 11.7 Å². The molecule has 0 aromatic rings. The molecule has 1 aliphatic heterocycles. The second-order valence-corrected chi connectivity index (χ2v) is 6.08. The molecule has 1 saturated carbocycles. The fourth-order valence-electron chi connectivity index (χ4n) is 3.10. The summed E-state index contributed by atoms with van der Waals surface area (Å²) >= 11 is 0. The Labute approximate surface area is 110 Å². The summed E-state index contributed by atoms with van der Waals surface area (Å²) in [6.07, 6.45) is 4.49. The predicted octanol–water partition coefficient (Wildman–Crippen LogP) is 1.75. The fraction of sp³-hybridized carbons (Fsp3) is 0.929. The second kappa shape index (κ2) is 5.57. The predicted molar refractivity (Wildman–Crippen MR) is 71.2 cm³/mol. The molecule has 1 saturated heterocycles. The van der Waals surface area contributed by atoms with Crippen LogP contribution in [0.5, 0.6) is 0 Å². The van der Waals surface area contributed by atoms with Crippen LogP contribution >= 0.6 is 0 Å². The van der Waals surface area contributed by atoms with E-state index in [0.29, 0.717) is 25.0 Å². The van der Waals surface area contributed by atoms with E-state index in [4.69, 9.17) is 4.74 Å². The third-order valence-electron chi connectivity index (χ3n) is 4.01. The highest BCUT2D eigenvalue weighted by atomic mass is 16.5. The zero-order valence-corrected chi connectivity index (χ0v) is 11.9. The Morgan fingerprint density at radius 1 is 1.44 bits per heavy atom. The van der Waals surface area contributed by atoms with Crippen LogP contribution < -0.4 is 5.32 Å². The summed E-state index contributed by atoms with van der Waals surface area (Å²) in [5.74, 6) is 0.844. The van der Waals surface area contributed by atoms with Gasteiger partial charge in [-0.05, 0) is 25.7 Å². The minimum absolute atomic E-state index is 0.151. The van der Waals surface area contributed by atoms with Crippen molar-refractivity contribution in [2.24, 2.45) is 5.92 Å². The van der Waals surface area contributed by atoms with Crippen molar-refractivity contribution >= 4 is 5.91 Å². The largest absolute Gasteiger partial charge is 0.379 e. The molecule has 1 spiro atoms. The summed E-state index contributed by atoms with van der Waals surface area (Å²) in [6, 6.07) is 0. The van der Waals surface area contributed by atoms with Gasteiger partial charge in [-0.1, -0.05) is 26.7 Å². The molecule has 2 fully saturated rings. The molecular weight excluding hydrogens is 228 g/mol. The van der Waals surface area contributed by atoms with Crippen molar-refractivity contribution in [3.05, 3.63) is 0 Å². The van der Waals surface area contributed by atoms with Crippen molar-refractivity contribution in [3.63, 3.8) is 0 Å². The van der Waals surface area contributed by atoms with Crippen molar-refractivity contribution in [1.29, 1.82) is 0 Å². The SMILES string of the molecule is CC(C)COCCN1C(=O)C2(CCCC2)NC1C. The van der Waals surface area contributed by atoms with E-state index < -0.39 is 0 Å². The minimum atomic E-state index is -0.239. The fourth-order valence-corrected chi connectivity index (χ4v) is 3.10. The first-order valence-corrected chi connectivity index (χ1v) is 7.22. The molecule has 2 rings (SSSR count). The molecule has 2 aliphatic rings. The maximum atomic E-state index is 12.5. The van der Waals surface area contributed by atoms with Gasteiger partial charge in [0.15, 0.2) is 0 Å². The first-order chi connectivity index (χ1) is 8.55. The Hall–Kier alpha value is -0.610. The maximum Gasteiger partial charge on any atom is 0.244 e. The van der Waals surface area contributed by atoms with Crippen molar-refractivity contribution in [2.75, 3.05) is 19.8 Å². The second-order valence-electron chi connectivity index (χ2n) is 6.08. The molecule has 1 N–H and O–H groups in total. The minimum Gasteiger partial charge on any atom is -0.379 e. The van der Waals surface area contributed by atoms with Gasteiger partial charge in [0.1, 0.15) is 0 Å². The van der Waals surface area contributed by atoms with E-state index in [2.05, 4.69) is 26.1 Å². The van der Waals surface area contributed by atoms with Gasteiger partial charge in [0.2, 0.25) is 5.91 Å². The van der Waals surface area contributed by atoms with Gasteiger partial charge in [-0.15, -0.1) is 0 Å². The summed E-state index contributed by atoms with van der Waals surface area (Å²) < 4.78 is 5.58. The van der Waals surface area contributed by atoms with Crippen LogP contribution in [-0.2, 0) is 9.53 Å². The molecular formula is C14H26N2O2. The van der Waals surface area contributed by atoms with Crippen molar-refractivity contribution < 1.29 is 9.53 Å². The van der Waals surface area contributed by atoms with Crippen LogP contribution in [0.1, 0.15) is 46.5 Å². The molecule has 18 heavy (non-hydrogen) atoms. The molecule has 1 atom stereocenters. The molecule has 1 amide bonds. The van der Waals surface area contributed by atoms with Gasteiger partial charge in [-0.25, -0.2) is 0 Å². The molecule has 1 aliphatic carbocycles. The monoisotopic (exact) mass is 254 g/mol. The smallest absolute Gasteiger partial charge is 0.244 e.